The molecule has 0 aromatic heterocycles. The highest BCUT2D eigenvalue weighted by molar-refractivity contribution is 5.76. The van der Waals surface area contributed by atoms with Crippen LogP contribution in [0.25, 0.3) is 0 Å². The number of rotatable bonds is 4. The lowest BCUT2D eigenvalue weighted by Crippen LogP contribution is -2.48. The van der Waals surface area contributed by atoms with Crippen molar-refractivity contribution in [2.24, 2.45) is 5.92 Å². The van der Waals surface area contributed by atoms with Crippen molar-refractivity contribution in [3.63, 3.8) is 0 Å². The average molecular weight is 340 g/mol. The second kappa shape index (κ2) is 8.19. The lowest BCUT2D eigenvalue weighted by molar-refractivity contribution is -0.122. The summed E-state index contributed by atoms with van der Waals surface area (Å²) in [5.74, 6) is 0.502. The van der Waals surface area contributed by atoms with Gasteiger partial charge in [0, 0.05) is 26.1 Å². The molecule has 0 aromatic carbocycles. The van der Waals surface area contributed by atoms with E-state index in [-0.39, 0.29) is 24.1 Å². The Morgan fingerprint density at radius 2 is 1.88 bits per heavy atom. The average Bonchev–Trinajstić information content (AvgIpc) is 2.94. The third kappa shape index (κ3) is 5.36. The SMILES string of the molecule is CCCC(=O)N[C@H]1CCO[C@@H]1C1CCN(C(=O)OC(C)(C)C)CC1. The first-order valence-electron chi connectivity index (χ1n) is 9.19. The van der Waals surface area contributed by atoms with Crippen molar-refractivity contribution >= 4 is 12.0 Å². The van der Waals surface area contributed by atoms with Crippen molar-refractivity contribution in [2.45, 2.75) is 77.5 Å². The summed E-state index contributed by atoms with van der Waals surface area (Å²) >= 11 is 0. The molecular weight excluding hydrogens is 308 g/mol. The molecule has 2 amide bonds. The number of nitrogens with zero attached hydrogens (tertiary/aromatic N) is 1. The van der Waals surface area contributed by atoms with E-state index in [0.717, 1.165) is 25.7 Å². The number of hydrogen-bond acceptors (Lipinski definition) is 4. The fraction of sp³-hybridized carbons (Fsp3) is 0.889. The standard InChI is InChI=1S/C18H32N2O4/c1-5-6-15(21)19-14-9-12-23-16(14)13-7-10-20(11-8-13)17(22)24-18(2,3)4/h13-14,16H,5-12H2,1-4H3,(H,19,21)/t14-,16+/m0/s1. The highest BCUT2D eigenvalue weighted by Crippen LogP contribution is 2.30. The number of carbonyl (C=O) groups excluding carboxylic acids is 2. The van der Waals surface area contributed by atoms with Crippen LogP contribution < -0.4 is 5.32 Å². The van der Waals surface area contributed by atoms with Gasteiger partial charge in [-0.3, -0.25) is 4.79 Å². The Kier molecular flexibility index (Phi) is 6.49. The van der Waals surface area contributed by atoms with Gasteiger partial charge in [-0.15, -0.1) is 0 Å². The van der Waals surface area contributed by atoms with Crippen molar-refractivity contribution in [1.29, 1.82) is 0 Å². The summed E-state index contributed by atoms with van der Waals surface area (Å²) in [6.45, 7) is 9.74. The molecule has 2 fully saturated rings. The Morgan fingerprint density at radius 3 is 2.46 bits per heavy atom. The van der Waals surface area contributed by atoms with E-state index >= 15 is 0 Å². The van der Waals surface area contributed by atoms with Crippen LogP contribution in [0.3, 0.4) is 0 Å². The summed E-state index contributed by atoms with van der Waals surface area (Å²) in [7, 11) is 0. The summed E-state index contributed by atoms with van der Waals surface area (Å²) < 4.78 is 11.3. The Balaban J connectivity index is 1.82. The van der Waals surface area contributed by atoms with Crippen molar-refractivity contribution in [3.05, 3.63) is 0 Å². The molecule has 0 aromatic rings. The smallest absolute Gasteiger partial charge is 0.410 e. The van der Waals surface area contributed by atoms with E-state index in [1.807, 2.05) is 27.7 Å². The lowest BCUT2D eigenvalue weighted by atomic mass is 9.87. The Morgan fingerprint density at radius 1 is 1.21 bits per heavy atom. The van der Waals surface area contributed by atoms with E-state index in [0.29, 0.717) is 32.0 Å². The summed E-state index contributed by atoms with van der Waals surface area (Å²) in [6.07, 6.45) is 3.94. The molecule has 0 aliphatic carbocycles. The zero-order valence-electron chi connectivity index (χ0n) is 15.5. The van der Waals surface area contributed by atoms with Gasteiger partial charge in [-0.2, -0.15) is 0 Å². The molecule has 0 radical (unpaired) electrons. The highest BCUT2D eigenvalue weighted by atomic mass is 16.6. The van der Waals surface area contributed by atoms with E-state index < -0.39 is 5.60 Å². The minimum absolute atomic E-state index is 0.0755. The lowest BCUT2D eigenvalue weighted by Gasteiger charge is -2.36. The van der Waals surface area contributed by atoms with Crippen LogP contribution in [0.2, 0.25) is 0 Å². The summed E-state index contributed by atoms with van der Waals surface area (Å²) in [6, 6.07) is 0.113. The molecule has 0 unspecified atom stereocenters. The normalized spacial score (nSPS) is 25.6. The molecular formula is C18H32N2O4. The first-order valence-corrected chi connectivity index (χ1v) is 9.19. The third-order valence-electron chi connectivity index (χ3n) is 4.62. The quantitative estimate of drug-likeness (QED) is 0.854. The molecule has 2 atom stereocenters. The van der Waals surface area contributed by atoms with Crippen LogP contribution in [-0.2, 0) is 14.3 Å². The van der Waals surface area contributed by atoms with Gasteiger partial charge in [0.2, 0.25) is 5.91 Å². The molecule has 138 valence electrons. The van der Waals surface area contributed by atoms with Crippen LogP contribution in [0.5, 0.6) is 0 Å². The van der Waals surface area contributed by atoms with Gasteiger partial charge in [-0.25, -0.2) is 4.79 Å². The number of carbonyl (C=O) groups is 2. The molecule has 2 heterocycles. The summed E-state index contributed by atoms with van der Waals surface area (Å²) in [5.41, 5.74) is -0.461. The molecule has 2 aliphatic heterocycles. The first-order chi connectivity index (χ1) is 11.3. The molecule has 0 saturated carbocycles. The number of amides is 2. The Labute approximate surface area is 145 Å². The second-order valence-electron chi connectivity index (χ2n) is 7.85. The van der Waals surface area contributed by atoms with Crippen LogP contribution in [0, 0.1) is 5.92 Å². The number of nitrogens with one attached hydrogen (secondary N) is 1. The molecule has 6 heteroatoms. The van der Waals surface area contributed by atoms with Gasteiger partial charge in [-0.1, -0.05) is 6.92 Å². The van der Waals surface area contributed by atoms with Gasteiger partial charge in [0.05, 0.1) is 12.1 Å². The van der Waals surface area contributed by atoms with Gasteiger partial charge in [0.25, 0.3) is 0 Å². The summed E-state index contributed by atoms with van der Waals surface area (Å²) in [5, 5.41) is 3.12. The van der Waals surface area contributed by atoms with E-state index in [9.17, 15) is 9.59 Å². The maximum absolute atomic E-state index is 12.1. The molecule has 2 aliphatic rings. The molecule has 6 nitrogen and oxygen atoms in total. The fourth-order valence-corrected chi connectivity index (χ4v) is 3.47. The minimum Gasteiger partial charge on any atom is -0.444 e. The van der Waals surface area contributed by atoms with Gasteiger partial charge >= 0.3 is 6.09 Å². The predicted octanol–water partition coefficient (Wildman–Crippen LogP) is 2.71. The molecule has 1 N–H and O–H groups in total. The number of hydrogen-bond donors (Lipinski definition) is 1. The zero-order chi connectivity index (χ0) is 17.7. The van der Waals surface area contributed by atoms with Crippen LogP contribution in [-0.4, -0.2) is 54.3 Å². The largest absolute Gasteiger partial charge is 0.444 e. The number of ether oxygens (including phenoxy) is 2. The first kappa shape index (κ1) is 19.0. The molecule has 0 bridgehead atoms. The monoisotopic (exact) mass is 340 g/mol. The Hall–Kier alpha value is -1.30. The molecule has 24 heavy (non-hydrogen) atoms. The zero-order valence-corrected chi connectivity index (χ0v) is 15.5. The third-order valence-corrected chi connectivity index (χ3v) is 4.62. The predicted molar refractivity (Wildman–Crippen MR) is 91.7 cm³/mol. The molecule has 0 spiro atoms. The van der Waals surface area contributed by atoms with Gasteiger partial charge in [0.1, 0.15) is 5.60 Å². The number of likely N-dealkylation sites (tertiary alicyclic amines) is 1. The van der Waals surface area contributed by atoms with Gasteiger partial charge in [-0.05, 0) is 52.4 Å². The Bertz CT molecular complexity index is 439. The van der Waals surface area contributed by atoms with Crippen molar-refractivity contribution in [2.75, 3.05) is 19.7 Å². The molecule has 2 saturated heterocycles. The van der Waals surface area contributed by atoms with Crippen LogP contribution in [0.4, 0.5) is 4.79 Å². The number of piperidine rings is 1. The van der Waals surface area contributed by atoms with E-state index in [1.54, 1.807) is 4.90 Å². The van der Waals surface area contributed by atoms with E-state index in [2.05, 4.69) is 5.32 Å². The van der Waals surface area contributed by atoms with Crippen LogP contribution in [0.15, 0.2) is 0 Å². The van der Waals surface area contributed by atoms with Crippen molar-refractivity contribution in [3.8, 4) is 0 Å². The highest BCUT2D eigenvalue weighted by Gasteiger charge is 2.38. The topological polar surface area (TPSA) is 67.9 Å². The van der Waals surface area contributed by atoms with Gasteiger partial charge < -0.3 is 19.7 Å². The maximum Gasteiger partial charge on any atom is 0.410 e. The minimum atomic E-state index is -0.461. The van der Waals surface area contributed by atoms with E-state index in [4.69, 9.17) is 9.47 Å². The second-order valence-corrected chi connectivity index (χ2v) is 7.85. The van der Waals surface area contributed by atoms with Crippen molar-refractivity contribution in [1.82, 2.24) is 10.2 Å². The van der Waals surface area contributed by atoms with Crippen LogP contribution in [0.1, 0.15) is 59.8 Å². The molecule has 2 rings (SSSR count). The van der Waals surface area contributed by atoms with Crippen LogP contribution >= 0.6 is 0 Å². The summed E-state index contributed by atoms with van der Waals surface area (Å²) in [4.78, 5) is 25.8. The fourth-order valence-electron chi connectivity index (χ4n) is 3.47. The maximum atomic E-state index is 12.1. The van der Waals surface area contributed by atoms with Gasteiger partial charge in [0.15, 0.2) is 0 Å². The van der Waals surface area contributed by atoms with Crippen molar-refractivity contribution < 1.29 is 19.1 Å². The van der Waals surface area contributed by atoms with E-state index in [1.165, 1.54) is 0 Å².